The lowest BCUT2D eigenvalue weighted by Crippen LogP contribution is -2.69. The van der Waals surface area contributed by atoms with Crippen LogP contribution < -0.4 is 21.8 Å². The van der Waals surface area contributed by atoms with Crippen LogP contribution in [0.4, 0.5) is 11.4 Å². The summed E-state index contributed by atoms with van der Waals surface area (Å²) in [4.78, 5) is 0. The van der Waals surface area contributed by atoms with Crippen molar-refractivity contribution in [2.24, 2.45) is 5.41 Å². The molecule has 0 aromatic heterocycles. The van der Waals surface area contributed by atoms with Crippen LogP contribution in [0.1, 0.15) is 34.1 Å². The molecule has 2 aromatic rings. The first kappa shape index (κ1) is 17.1. The third-order valence-electron chi connectivity index (χ3n) is 5.92. The van der Waals surface area contributed by atoms with Crippen molar-refractivity contribution in [3.63, 3.8) is 0 Å². The van der Waals surface area contributed by atoms with Crippen LogP contribution in [0.3, 0.4) is 0 Å². The Morgan fingerprint density at radius 3 is 1.58 bits per heavy atom. The molecule has 0 radical (unpaired) electrons. The number of hydrogen-bond acceptors (Lipinski definition) is 3. The summed E-state index contributed by atoms with van der Waals surface area (Å²) in [5.74, 6) is 0. The first-order chi connectivity index (χ1) is 11.2. The summed E-state index contributed by atoms with van der Waals surface area (Å²) in [6, 6.07) is 17.6. The maximum Gasteiger partial charge on any atom is 0.256 e. The molecule has 3 rings (SSSR count). The summed E-state index contributed by atoms with van der Waals surface area (Å²) in [6.45, 7) is 9.06. The van der Waals surface area contributed by atoms with Gasteiger partial charge < -0.3 is 15.9 Å². The molecule has 0 saturated carbocycles. The average molecular weight is 341 g/mol. The molecule has 1 fully saturated rings. The van der Waals surface area contributed by atoms with Crippen LogP contribution in [0.25, 0.3) is 0 Å². The van der Waals surface area contributed by atoms with Gasteiger partial charge in [0.15, 0.2) is 0 Å². The van der Waals surface area contributed by atoms with Gasteiger partial charge in [0.25, 0.3) is 8.32 Å². The van der Waals surface area contributed by atoms with Crippen molar-refractivity contribution in [3.05, 3.63) is 48.5 Å². The highest BCUT2D eigenvalue weighted by Gasteiger charge is 2.53. The summed E-state index contributed by atoms with van der Waals surface area (Å²) in [7, 11) is -2.32. The van der Waals surface area contributed by atoms with Crippen LogP contribution in [0.2, 0.25) is 6.04 Å². The highest BCUT2D eigenvalue weighted by Crippen LogP contribution is 2.46. The van der Waals surface area contributed by atoms with Crippen LogP contribution in [-0.4, -0.2) is 13.9 Å². The molecule has 1 saturated heterocycles. The summed E-state index contributed by atoms with van der Waals surface area (Å²) in [5.41, 5.74) is 13.3. The lowest BCUT2D eigenvalue weighted by atomic mass is 9.75. The Labute approximate surface area is 146 Å². The zero-order chi connectivity index (χ0) is 17.6. The second-order valence-corrected chi connectivity index (χ2v) is 11.6. The van der Waals surface area contributed by atoms with E-state index in [0.29, 0.717) is 0 Å². The normalized spacial score (nSPS) is 21.3. The number of anilines is 2. The molecule has 0 atom stereocenters. The fourth-order valence-corrected chi connectivity index (χ4v) is 8.28. The molecular formula is C20H28N2OSi. The Hall–Kier alpha value is -1.78. The largest absolute Gasteiger partial charge is 0.402 e. The predicted molar refractivity (Wildman–Crippen MR) is 105 cm³/mol. The van der Waals surface area contributed by atoms with Gasteiger partial charge in [0, 0.05) is 11.4 Å². The minimum Gasteiger partial charge on any atom is -0.402 e. The highest BCUT2D eigenvalue weighted by molar-refractivity contribution is 6.97. The van der Waals surface area contributed by atoms with E-state index in [-0.39, 0.29) is 11.0 Å². The Kier molecular flexibility index (Phi) is 4.01. The topological polar surface area (TPSA) is 61.3 Å². The third-order valence-corrected chi connectivity index (χ3v) is 10.3. The van der Waals surface area contributed by atoms with Crippen LogP contribution >= 0.6 is 0 Å². The molecule has 0 unspecified atom stereocenters. The van der Waals surface area contributed by atoms with E-state index in [1.54, 1.807) is 0 Å². The van der Waals surface area contributed by atoms with Gasteiger partial charge in [-0.05, 0) is 66.4 Å². The number of nitrogen functional groups attached to an aromatic ring is 2. The van der Waals surface area contributed by atoms with Gasteiger partial charge in [-0.25, -0.2) is 0 Å². The van der Waals surface area contributed by atoms with Gasteiger partial charge >= 0.3 is 0 Å². The number of hydrogen-bond donors (Lipinski definition) is 2. The summed E-state index contributed by atoms with van der Waals surface area (Å²) in [5, 5.41) is 2.56. The predicted octanol–water partition coefficient (Wildman–Crippen LogP) is 3.14. The van der Waals surface area contributed by atoms with Crippen LogP contribution in [0, 0.1) is 5.41 Å². The molecular weight excluding hydrogens is 312 g/mol. The molecule has 0 amide bonds. The Balaban J connectivity index is 2.15. The van der Waals surface area contributed by atoms with E-state index in [0.717, 1.165) is 23.8 Å². The summed E-state index contributed by atoms with van der Waals surface area (Å²) >= 11 is 0. The van der Waals surface area contributed by atoms with E-state index in [1.165, 1.54) is 10.4 Å². The second-order valence-electron chi connectivity index (χ2n) is 8.07. The minimum atomic E-state index is -2.32. The van der Waals surface area contributed by atoms with E-state index >= 15 is 0 Å². The van der Waals surface area contributed by atoms with Crippen molar-refractivity contribution < 1.29 is 4.43 Å². The first-order valence-corrected chi connectivity index (χ1v) is 10.7. The van der Waals surface area contributed by atoms with Crippen molar-refractivity contribution in [2.45, 2.75) is 45.8 Å². The molecule has 4 heteroatoms. The molecule has 0 spiro atoms. The summed E-state index contributed by atoms with van der Waals surface area (Å²) in [6.07, 6.45) is 1.14. The molecule has 0 bridgehead atoms. The SMILES string of the molecule is CC1(C)CC[Si](c2ccc(N)cc2)(c2ccc(N)cc2)OC1(C)C. The van der Waals surface area contributed by atoms with Gasteiger partial charge in [0.2, 0.25) is 0 Å². The van der Waals surface area contributed by atoms with Crippen molar-refractivity contribution in [2.75, 3.05) is 11.5 Å². The van der Waals surface area contributed by atoms with E-state index in [9.17, 15) is 0 Å². The third kappa shape index (κ3) is 2.74. The average Bonchev–Trinajstić information content (AvgIpc) is 2.52. The fourth-order valence-electron chi connectivity index (χ4n) is 3.49. The monoisotopic (exact) mass is 340 g/mol. The molecule has 3 nitrogen and oxygen atoms in total. The van der Waals surface area contributed by atoms with Crippen molar-refractivity contribution in [1.29, 1.82) is 0 Å². The van der Waals surface area contributed by atoms with E-state index in [1.807, 2.05) is 24.3 Å². The Morgan fingerprint density at radius 2 is 1.21 bits per heavy atom. The molecule has 2 aromatic carbocycles. The standard InChI is InChI=1S/C20H28N2OSi/c1-19(2)13-14-24(23-20(19,3)4,17-9-5-15(21)6-10-17)18-11-7-16(22)8-12-18/h5-12H,13-14,21-22H2,1-4H3. The Morgan fingerprint density at radius 1 is 0.792 bits per heavy atom. The first-order valence-electron chi connectivity index (χ1n) is 8.59. The van der Waals surface area contributed by atoms with E-state index < -0.39 is 8.32 Å². The molecule has 4 N–H and O–H groups in total. The molecule has 0 aliphatic carbocycles. The molecule has 128 valence electrons. The van der Waals surface area contributed by atoms with Crippen LogP contribution in [-0.2, 0) is 4.43 Å². The van der Waals surface area contributed by atoms with Gasteiger partial charge in [-0.1, -0.05) is 38.1 Å². The van der Waals surface area contributed by atoms with Crippen LogP contribution in [0.15, 0.2) is 48.5 Å². The molecule has 1 aliphatic heterocycles. The number of benzene rings is 2. The second kappa shape index (κ2) is 5.64. The minimum absolute atomic E-state index is 0.144. The van der Waals surface area contributed by atoms with Gasteiger partial charge in [-0.15, -0.1) is 0 Å². The quantitative estimate of drug-likeness (QED) is 0.652. The van der Waals surface area contributed by atoms with Crippen molar-refractivity contribution in [3.8, 4) is 0 Å². The lowest BCUT2D eigenvalue weighted by Gasteiger charge is -2.53. The van der Waals surface area contributed by atoms with E-state index in [2.05, 4.69) is 52.0 Å². The summed E-state index contributed by atoms with van der Waals surface area (Å²) < 4.78 is 6.99. The molecule has 1 aliphatic rings. The number of rotatable bonds is 2. The molecule has 24 heavy (non-hydrogen) atoms. The maximum atomic E-state index is 6.99. The van der Waals surface area contributed by atoms with Gasteiger partial charge in [0.05, 0.1) is 5.60 Å². The Bertz CT molecular complexity index is 675. The smallest absolute Gasteiger partial charge is 0.256 e. The maximum absolute atomic E-state index is 6.99. The highest BCUT2D eigenvalue weighted by atomic mass is 28.4. The fraction of sp³-hybridized carbons (Fsp3) is 0.400. The van der Waals surface area contributed by atoms with E-state index in [4.69, 9.17) is 15.9 Å². The number of nitrogens with two attached hydrogens (primary N) is 2. The lowest BCUT2D eigenvalue weighted by molar-refractivity contribution is -0.0357. The van der Waals surface area contributed by atoms with Gasteiger partial charge in [-0.3, -0.25) is 0 Å². The van der Waals surface area contributed by atoms with Crippen molar-refractivity contribution >= 4 is 30.1 Å². The van der Waals surface area contributed by atoms with Crippen LogP contribution in [0.5, 0.6) is 0 Å². The zero-order valence-electron chi connectivity index (χ0n) is 15.1. The van der Waals surface area contributed by atoms with Gasteiger partial charge in [0.1, 0.15) is 0 Å². The molecule has 1 heterocycles. The van der Waals surface area contributed by atoms with Gasteiger partial charge in [-0.2, -0.15) is 0 Å². The van der Waals surface area contributed by atoms with Crippen molar-refractivity contribution in [1.82, 2.24) is 0 Å². The zero-order valence-corrected chi connectivity index (χ0v) is 16.1.